The van der Waals surface area contributed by atoms with Crippen molar-refractivity contribution in [3.63, 3.8) is 0 Å². The number of nitrogens with zero attached hydrogens (tertiary/aromatic N) is 5. The van der Waals surface area contributed by atoms with Gasteiger partial charge in [0.1, 0.15) is 5.82 Å². The zero-order valence-electron chi connectivity index (χ0n) is 20.7. The first-order valence-electron chi connectivity index (χ1n) is 13.6. The fraction of sp³-hybridized carbons (Fsp3) is 0.536. The van der Waals surface area contributed by atoms with E-state index in [1.54, 1.807) is 0 Å². The normalized spacial score (nSPS) is 20.7. The molecular weight excluding hydrogens is 434 g/mol. The van der Waals surface area contributed by atoms with Crippen molar-refractivity contribution in [1.29, 1.82) is 0 Å². The van der Waals surface area contributed by atoms with Crippen molar-refractivity contribution in [3.8, 4) is 11.3 Å². The number of aryl methyl sites for hydroxylation is 1. The first-order valence-corrected chi connectivity index (χ1v) is 13.6. The van der Waals surface area contributed by atoms with Gasteiger partial charge >= 0.3 is 0 Å². The van der Waals surface area contributed by atoms with Crippen molar-refractivity contribution in [2.24, 2.45) is 0 Å². The van der Waals surface area contributed by atoms with E-state index in [0.29, 0.717) is 6.04 Å². The van der Waals surface area contributed by atoms with Crippen LogP contribution in [0.2, 0.25) is 0 Å². The Morgan fingerprint density at radius 3 is 2.63 bits per heavy atom. The molecule has 1 aliphatic carbocycles. The van der Waals surface area contributed by atoms with Crippen LogP contribution in [0.25, 0.3) is 11.3 Å². The van der Waals surface area contributed by atoms with Gasteiger partial charge < -0.3 is 10.2 Å². The number of aromatic nitrogens is 4. The van der Waals surface area contributed by atoms with E-state index in [4.69, 9.17) is 9.97 Å². The number of hydrogen-bond donors (Lipinski definition) is 2. The van der Waals surface area contributed by atoms with Crippen LogP contribution in [-0.2, 0) is 19.4 Å². The van der Waals surface area contributed by atoms with Gasteiger partial charge in [0, 0.05) is 43.3 Å². The summed E-state index contributed by atoms with van der Waals surface area (Å²) < 4.78 is 0. The highest BCUT2D eigenvalue weighted by Gasteiger charge is 2.27. The average Bonchev–Trinajstić information content (AvgIpc) is 3.61. The molecule has 0 spiro atoms. The molecule has 2 saturated heterocycles. The highest BCUT2D eigenvalue weighted by molar-refractivity contribution is 5.62. The predicted octanol–water partition coefficient (Wildman–Crippen LogP) is 4.81. The number of rotatable bonds is 7. The first kappa shape index (κ1) is 22.5. The summed E-state index contributed by atoms with van der Waals surface area (Å²) in [7, 11) is 0. The van der Waals surface area contributed by atoms with Crippen LogP contribution < -0.4 is 10.2 Å². The number of benzene rings is 1. The van der Waals surface area contributed by atoms with Crippen LogP contribution in [0, 0.1) is 0 Å². The molecule has 0 amide bonds. The molecule has 2 aliphatic heterocycles. The van der Waals surface area contributed by atoms with Crippen molar-refractivity contribution in [2.75, 3.05) is 36.4 Å². The number of H-pyrrole nitrogens is 1. The minimum absolute atomic E-state index is 0.479. The van der Waals surface area contributed by atoms with Crippen LogP contribution in [-0.4, -0.2) is 57.3 Å². The second-order valence-electron chi connectivity index (χ2n) is 10.3. The third-order valence-corrected chi connectivity index (χ3v) is 7.97. The molecule has 7 nitrogen and oxygen atoms in total. The highest BCUT2D eigenvalue weighted by atomic mass is 15.3. The molecule has 0 radical (unpaired) electrons. The van der Waals surface area contributed by atoms with Crippen molar-refractivity contribution < 1.29 is 0 Å². The van der Waals surface area contributed by atoms with Gasteiger partial charge in [0.05, 0.1) is 17.6 Å². The molecule has 184 valence electrons. The molecule has 6 rings (SSSR count). The number of fused-ring (bicyclic) bond motifs is 1. The molecule has 35 heavy (non-hydrogen) atoms. The summed E-state index contributed by atoms with van der Waals surface area (Å²) in [6, 6.07) is 11.0. The van der Waals surface area contributed by atoms with Gasteiger partial charge in [-0.15, -0.1) is 0 Å². The maximum Gasteiger partial charge on any atom is 0.224 e. The van der Waals surface area contributed by atoms with Crippen LogP contribution in [0.15, 0.2) is 36.5 Å². The molecule has 1 unspecified atom stereocenters. The SMILES string of the molecule is c1ccc(-c2[nH]ncc2CN2CCCC2CNc2nc3c(c(N4CCCCCC4)n2)CCC3)cc1. The summed E-state index contributed by atoms with van der Waals surface area (Å²) in [5, 5.41) is 11.2. The van der Waals surface area contributed by atoms with Crippen molar-refractivity contribution in [3.05, 3.63) is 53.3 Å². The lowest BCUT2D eigenvalue weighted by molar-refractivity contribution is 0.254. The lowest BCUT2D eigenvalue weighted by atomic mass is 10.1. The zero-order valence-corrected chi connectivity index (χ0v) is 20.7. The van der Waals surface area contributed by atoms with E-state index in [1.165, 1.54) is 73.1 Å². The predicted molar refractivity (Wildman–Crippen MR) is 141 cm³/mol. The molecule has 0 bridgehead atoms. The Morgan fingerprint density at radius 1 is 0.914 bits per heavy atom. The van der Waals surface area contributed by atoms with Gasteiger partial charge in [-0.1, -0.05) is 43.2 Å². The van der Waals surface area contributed by atoms with Crippen molar-refractivity contribution in [2.45, 2.75) is 70.4 Å². The molecule has 1 aromatic carbocycles. The van der Waals surface area contributed by atoms with Crippen LogP contribution in [0.4, 0.5) is 11.8 Å². The van der Waals surface area contributed by atoms with E-state index in [0.717, 1.165) is 57.2 Å². The van der Waals surface area contributed by atoms with Crippen LogP contribution >= 0.6 is 0 Å². The Balaban J connectivity index is 1.15. The maximum atomic E-state index is 5.10. The molecule has 2 N–H and O–H groups in total. The molecule has 2 aromatic heterocycles. The van der Waals surface area contributed by atoms with Gasteiger partial charge in [-0.3, -0.25) is 10.00 Å². The van der Waals surface area contributed by atoms with E-state index < -0.39 is 0 Å². The summed E-state index contributed by atoms with van der Waals surface area (Å²) in [6.45, 7) is 5.19. The summed E-state index contributed by atoms with van der Waals surface area (Å²) in [5.41, 5.74) is 6.28. The summed E-state index contributed by atoms with van der Waals surface area (Å²) >= 11 is 0. The fourth-order valence-electron chi connectivity index (χ4n) is 6.08. The second kappa shape index (κ2) is 10.4. The Kier molecular flexibility index (Phi) is 6.67. The molecule has 3 aromatic rings. The van der Waals surface area contributed by atoms with E-state index in [9.17, 15) is 0 Å². The van der Waals surface area contributed by atoms with Gasteiger partial charge in [-0.2, -0.15) is 10.1 Å². The van der Waals surface area contributed by atoms with Gasteiger partial charge in [0.15, 0.2) is 0 Å². The summed E-state index contributed by atoms with van der Waals surface area (Å²) in [4.78, 5) is 15.2. The average molecular weight is 472 g/mol. The number of nitrogens with one attached hydrogen (secondary N) is 2. The van der Waals surface area contributed by atoms with Gasteiger partial charge in [-0.05, 0) is 57.1 Å². The fourth-order valence-corrected chi connectivity index (χ4v) is 6.08. The largest absolute Gasteiger partial charge is 0.356 e. The van der Waals surface area contributed by atoms with E-state index in [2.05, 4.69) is 55.6 Å². The molecular formula is C28H37N7. The molecule has 1 atom stereocenters. The Bertz CT molecular complexity index is 1120. The van der Waals surface area contributed by atoms with Gasteiger partial charge in [0.25, 0.3) is 0 Å². The van der Waals surface area contributed by atoms with E-state index >= 15 is 0 Å². The Morgan fingerprint density at radius 2 is 1.77 bits per heavy atom. The highest BCUT2D eigenvalue weighted by Crippen LogP contribution is 2.32. The lowest BCUT2D eigenvalue weighted by Crippen LogP contribution is -2.35. The summed E-state index contributed by atoms with van der Waals surface area (Å²) in [5.74, 6) is 2.04. The standard InChI is InChI=1S/C28H37N7/c1-2-7-16-34(15-6-1)27-24-13-8-14-25(24)31-28(32-27)29-19-23-12-9-17-35(23)20-22-18-30-33-26(22)21-10-4-3-5-11-21/h3-5,10-11,18,23H,1-2,6-9,12-17,19-20H2,(H,30,33)(H,29,31,32). The number of hydrogen-bond acceptors (Lipinski definition) is 6. The third kappa shape index (κ3) is 4.92. The summed E-state index contributed by atoms with van der Waals surface area (Å²) in [6.07, 6.45) is 13.1. The van der Waals surface area contributed by atoms with Gasteiger partial charge in [0.2, 0.25) is 5.95 Å². The maximum absolute atomic E-state index is 5.10. The lowest BCUT2D eigenvalue weighted by Gasteiger charge is -2.26. The van der Waals surface area contributed by atoms with Crippen molar-refractivity contribution >= 4 is 11.8 Å². The molecule has 3 aliphatic rings. The minimum Gasteiger partial charge on any atom is -0.356 e. The minimum atomic E-state index is 0.479. The molecule has 7 heteroatoms. The molecule has 4 heterocycles. The number of aromatic amines is 1. The smallest absolute Gasteiger partial charge is 0.224 e. The topological polar surface area (TPSA) is 73.0 Å². The van der Waals surface area contributed by atoms with Gasteiger partial charge in [-0.25, -0.2) is 4.98 Å². The van der Waals surface area contributed by atoms with Crippen LogP contribution in [0.5, 0.6) is 0 Å². The number of likely N-dealkylation sites (tertiary alicyclic amines) is 1. The Labute approximate surface area is 208 Å². The third-order valence-electron chi connectivity index (χ3n) is 7.97. The number of anilines is 2. The second-order valence-corrected chi connectivity index (χ2v) is 10.3. The quantitative estimate of drug-likeness (QED) is 0.515. The molecule has 2 fully saturated rings. The zero-order chi connectivity index (χ0) is 23.5. The van der Waals surface area contributed by atoms with Crippen molar-refractivity contribution in [1.82, 2.24) is 25.1 Å². The Hall–Kier alpha value is -2.93. The van der Waals surface area contributed by atoms with E-state index in [-0.39, 0.29) is 0 Å². The van der Waals surface area contributed by atoms with Crippen LogP contribution in [0.1, 0.15) is 61.8 Å². The van der Waals surface area contributed by atoms with Crippen LogP contribution in [0.3, 0.4) is 0 Å². The molecule has 0 saturated carbocycles. The monoisotopic (exact) mass is 471 g/mol. The first-order chi connectivity index (χ1) is 17.3. The van der Waals surface area contributed by atoms with E-state index in [1.807, 2.05) is 6.20 Å².